The van der Waals surface area contributed by atoms with Gasteiger partial charge in [-0.2, -0.15) is 0 Å². The highest BCUT2D eigenvalue weighted by molar-refractivity contribution is 7.80. The van der Waals surface area contributed by atoms with Crippen molar-refractivity contribution in [3.05, 3.63) is 76.0 Å². The Morgan fingerprint density at radius 1 is 1.18 bits per heavy atom. The predicted octanol–water partition coefficient (Wildman–Crippen LogP) is 11.9. The second kappa shape index (κ2) is 23.7. The normalized spacial score (nSPS) is 15.4. The van der Waals surface area contributed by atoms with E-state index in [2.05, 4.69) is 89.2 Å². The lowest BCUT2D eigenvalue weighted by Gasteiger charge is -2.20. The van der Waals surface area contributed by atoms with Gasteiger partial charge in [0.15, 0.2) is 0 Å². The number of aliphatic imine (C=N–C) groups is 1. The van der Waals surface area contributed by atoms with E-state index in [1.54, 1.807) is 0 Å². The fourth-order valence-electron chi connectivity index (χ4n) is 4.12. The van der Waals surface area contributed by atoms with E-state index in [1.165, 1.54) is 47.9 Å². The van der Waals surface area contributed by atoms with Crippen LogP contribution in [-0.4, -0.2) is 29.2 Å². The minimum absolute atomic E-state index is 0.633. The van der Waals surface area contributed by atoms with Crippen LogP contribution < -0.4 is 0 Å². The molecule has 1 aliphatic heterocycles. The quantitative estimate of drug-likeness (QED) is 0.130. The molecule has 1 aromatic carbocycles. The Balaban J connectivity index is 0. The minimum atomic E-state index is 0.633. The number of likely N-dealkylation sites (tertiary alicyclic amines) is 1. The maximum Gasteiger partial charge on any atom is 0.127 e. The number of allylic oxidation sites excluding steroid dienone is 6. The molecule has 1 aromatic rings. The average Bonchev–Trinajstić information content (AvgIpc) is 3.40. The predicted molar refractivity (Wildman–Crippen MR) is 190 cm³/mol. The van der Waals surface area contributed by atoms with Crippen LogP contribution in [0.1, 0.15) is 112 Å². The Hall–Kier alpha value is -1.97. The van der Waals surface area contributed by atoms with E-state index >= 15 is 0 Å². The Bertz CT molecular complexity index is 996. The van der Waals surface area contributed by atoms with Gasteiger partial charge in [0.05, 0.1) is 5.70 Å². The summed E-state index contributed by atoms with van der Waals surface area (Å²) in [6, 6.07) is 6.44. The zero-order valence-electron chi connectivity index (χ0n) is 27.8. The number of nitrogens with zero attached hydrogens (tertiary/aromatic N) is 2. The molecule has 40 heavy (non-hydrogen) atoms. The second-order valence-corrected chi connectivity index (χ2v) is 11.3. The Morgan fingerprint density at radius 3 is 2.25 bits per heavy atom. The first-order valence-corrected chi connectivity index (χ1v) is 15.9. The zero-order valence-corrected chi connectivity index (χ0v) is 29.4. The van der Waals surface area contributed by atoms with E-state index < -0.39 is 0 Å². The number of halogens is 1. The van der Waals surface area contributed by atoms with E-state index in [0.29, 0.717) is 5.92 Å². The summed E-state index contributed by atoms with van der Waals surface area (Å²) in [5.74, 6) is 1.45. The smallest absolute Gasteiger partial charge is 0.127 e. The van der Waals surface area contributed by atoms with Crippen molar-refractivity contribution >= 4 is 40.6 Å². The maximum atomic E-state index is 5.74. The van der Waals surface area contributed by atoms with Gasteiger partial charge in [-0.1, -0.05) is 119 Å². The third-order valence-electron chi connectivity index (χ3n) is 6.55. The van der Waals surface area contributed by atoms with Gasteiger partial charge in [0, 0.05) is 24.3 Å². The van der Waals surface area contributed by atoms with Gasteiger partial charge in [0.2, 0.25) is 0 Å². The molecule has 0 N–H and O–H groups in total. The van der Waals surface area contributed by atoms with Gasteiger partial charge in [0.1, 0.15) is 4.99 Å². The van der Waals surface area contributed by atoms with E-state index in [4.69, 9.17) is 23.8 Å². The lowest BCUT2D eigenvalue weighted by molar-refractivity contribution is 0.463. The van der Waals surface area contributed by atoms with Gasteiger partial charge in [-0.15, -0.1) is 0 Å². The molecule has 0 bridgehead atoms. The molecule has 2 rings (SSSR count). The monoisotopic (exact) mass is 586 g/mol. The molecule has 4 heteroatoms. The van der Waals surface area contributed by atoms with Crippen molar-refractivity contribution in [2.24, 2.45) is 16.8 Å². The molecule has 1 aliphatic rings. The lowest BCUT2D eigenvalue weighted by Crippen LogP contribution is -2.28. The standard InChI is InChI=1S/C14H24N2S.C11H14.C9H15Cl.C2H6/c1-5-7-12-8-9-16(10-12)14(17)13(11(3)4)15-6-2;1-8(2)11-6-5-9(3)7-10(11)4;1-4-8(3)6-7-9(10)5-2;1-2/h6,12H,5,7-10H2,1-4H3;5-7H,1H2,2-4H3;5-8H,4H2,1-3H3;1-2H3/b;;7-6-,9-5+;/t12-;;;/m1.../s1. The van der Waals surface area contributed by atoms with Crippen molar-refractivity contribution in [3.8, 4) is 0 Å². The molecule has 0 radical (unpaired) electrons. The minimum Gasteiger partial charge on any atom is -0.361 e. The van der Waals surface area contributed by atoms with Crippen LogP contribution in [0.5, 0.6) is 0 Å². The highest BCUT2D eigenvalue weighted by Gasteiger charge is 2.25. The third-order valence-corrected chi connectivity index (χ3v) is 7.35. The summed E-state index contributed by atoms with van der Waals surface area (Å²) in [4.78, 5) is 7.67. The molecule has 2 nitrogen and oxygen atoms in total. The maximum absolute atomic E-state index is 5.74. The highest BCUT2D eigenvalue weighted by atomic mass is 35.5. The lowest BCUT2D eigenvalue weighted by atomic mass is 10.0. The van der Waals surface area contributed by atoms with E-state index in [1.807, 2.05) is 53.0 Å². The number of rotatable bonds is 8. The summed E-state index contributed by atoms with van der Waals surface area (Å²) < 4.78 is 0. The van der Waals surface area contributed by atoms with Crippen LogP contribution in [0.25, 0.3) is 5.57 Å². The van der Waals surface area contributed by atoms with Crippen molar-refractivity contribution in [1.29, 1.82) is 0 Å². The van der Waals surface area contributed by atoms with E-state index in [9.17, 15) is 0 Å². The molecule has 2 atom stereocenters. The molecule has 0 amide bonds. The molecular weight excluding hydrogens is 528 g/mol. The van der Waals surface area contributed by atoms with E-state index in [0.717, 1.165) is 40.3 Å². The van der Waals surface area contributed by atoms with Crippen LogP contribution >= 0.6 is 23.8 Å². The molecule has 226 valence electrons. The summed E-state index contributed by atoms with van der Waals surface area (Å²) in [6.45, 7) is 31.0. The summed E-state index contributed by atoms with van der Waals surface area (Å²) >= 11 is 11.3. The van der Waals surface area contributed by atoms with Gasteiger partial charge in [-0.25, -0.2) is 0 Å². The fraction of sp³-hybridized carbons (Fsp3) is 0.556. The molecular formula is C36H59ClN2S. The van der Waals surface area contributed by atoms with Crippen molar-refractivity contribution < 1.29 is 0 Å². The van der Waals surface area contributed by atoms with Crippen molar-refractivity contribution in [2.75, 3.05) is 13.1 Å². The number of aryl methyl sites for hydroxylation is 2. The molecule has 0 aromatic heterocycles. The average molecular weight is 587 g/mol. The Kier molecular flexibility index (Phi) is 23.8. The molecule has 1 heterocycles. The number of thiocarbonyl (C=S) groups is 1. The summed E-state index contributed by atoms with van der Waals surface area (Å²) in [7, 11) is 0. The first kappa shape index (κ1) is 40.2. The van der Waals surface area contributed by atoms with Crippen LogP contribution in [-0.2, 0) is 0 Å². The third kappa shape index (κ3) is 17.0. The van der Waals surface area contributed by atoms with Crippen molar-refractivity contribution in [3.63, 3.8) is 0 Å². The second-order valence-electron chi connectivity index (χ2n) is 10.4. The SMILES string of the molecule is C/C=C(Cl)\C=C/C(C)CC.C=C(C)c1ccc(C)cc1C.CC.CC=NC(C(=S)N1CC[C@@H](CCC)C1)=C(C)C. The number of hydrogen-bond donors (Lipinski definition) is 0. The Labute approximate surface area is 259 Å². The van der Waals surface area contributed by atoms with Gasteiger partial charge in [-0.05, 0) is 95.9 Å². The van der Waals surface area contributed by atoms with Gasteiger partial charge < -0.3 is 4.90 Å². The summed E-state index contributed by atoms with van der Waals surface area (Å²) in [5.41, 5.74) is 7.23. The fourth-order valence-corrected chi connectivity index (χ4v) is 4.61. The van der Waals surface area contributed by atoms with Crippen LogP contribution in [0.3, 0.4) is 0 Å². The summed E-state index contributed by atoms with van der Waals surface area (Å²) in [6.07, 6.45) is 12.8. The molecule has 1 saturated heterocycles. The van der Waals surface area contributed by atoms with E-state index in [-0.39, 0.29) is 0 Å². The van der Waals surface area contributed by atoms with Crippen molar-refractivity contribution in [2.45, 2.75) is 109 Å². The van der Waals surface area contributed by atoms with Crippen molar-refractivity contribution in [1.82, 2.24) is 4.90 Å². The zero-order chi connectivity index (χ0) is 31.3. The first-order chi connectivity index (χ1) is 18.9. The van der Waals surface area contributed by atoms with Crippen LogP contribution in [0.2, 0.25) is 0 Å². The molecule has 1 unspecified atom stereocenters. The Morgan fingerprint density at radius 2 is 1.80 bits per heavy atom. The van der Waals surface area contributed by atoms with Gasteiger partial charge in [-0.3, -0.25) is 4.99 Å². The molecule has 0 saturated carbocycles. The molecule has 0 spiro atoms. The number of hydrogen-bond acceptors (Lipinski definition) is 2. The highest BCUT2D eigenvalue weighted by Crippen LogP contribution is 2.24. The summed E-state index contributed by atoms with van der Waals surface area (Å²) in [5, 5.41) is 0.820. The molecule has 0 aliphatic carbocycles. The van der Waals surface area contributed by atoms with Gasteiger partial charge in [0.25, 0.3) is 0 Å². The molecule has 1 fully saturated rings. The van der Waals surface area contributed by atoms with Crippen LogP contribution in [0.4, 0.5) is 0 Å². The largest absolute Gasteiger partial charge is 0.361 e. The topological polar surface area (TPSA) is 15.6 Å². The van der Waals surface area contributed by atoms with Gasteiger partial charge >= 0.3 is 0 Å². The van der Waals surface area contributed by atoms with Crippen LogP contribution in [0, 0.1) is 25.7 Å². The van der Waals surface area contributed by atoms with Crippen LogP contribution in [0.15, 0.2) is 64.3 Å². The first-order valence-electron chi connectivity index (χ1n) is 15.1. The number of benzene rings is 1.